The second-order valence-corrected chi connectivity index (χ2v) is 6.66. The number of hydrogen-bond acceptors (Lipinski definition) is 3. The maximum absolute atomic E-state index is 12.2. The standard InChI is InChI=1S/C18H22N2O4/c21-16(19-12-4-2-1-3-5-12)11-6-8-13(9-7-11)20-17(22)14-10-15(14)18(23)24/h6-9,12,14-15H,1-5,10H2,(H,19,21)(H,20,22)(H,23,24). The zero-order valence-electron chi connectivity index (χ0n) is 13.5. The fourth-order valence-corrected chi connectivity index (χ4v) is 3.21. The van der Waals surface area contributed by atoms with Crippen LogP contribution >= 0.6 is 0 Å². The molecule has 2 fully saturated rings. The predicted molar refractivity (Wildman–Crippen MR) is 88.6 cm³/mol. The molecule has 1 aromatic rings. The van der Waals surface area contributed by atoms with Crippen LogP contribution in [0.1, 0.15) is 48.9 Å². The molecule has 2 saturated carbocycles. The Morgan fingerprint density at radius 2 is 1.62 bits per heavy atom. The van der Waals surface area contributed by atoms with E-state index in [9.17, 15) is 14.4 Å². The van der Waals surface area contributed by atoms with Crippen LogP contribution in [0, 0.1) is 11.8 Å². The van der Waals surface area contributed by atoms with Crippen molar-refractivity contribution >= 4 is 23.5 Å². The smallest absolute Gasteiger partial charge is 0.307 e. The molecule has 0 spiro atoms. The third-order valence-corrected chi connectivity index (χ3v) is 4.80. The zero-order chi connectivity index (χ0) is 17.1. The van der Waals surface area contributed by atoms with Crippen molar-refractivity contribution in [2.24, 2.45) is 11.8 Å². The first-order chi connectivity index (χ1) is 11.5. The monoisotopic (exact) mass is 330 g/mol. The van der Waals surface area contributed by atoms with E-state index >= 15 is 0 Å². The maximum Gasteiger partial charge on any atom is 0.307 e. The Kier molecular flexibility index (Phi) is 4.83. The number of carbonyl (C=O) groups excluding carboxylic acids is 2. The first-order valence-corrected chi connectivity index (χ1v) is 8.49. The van der Waals surface area contributed by atoms with E-state index in [0.29, 0.717) is 17.7 Å². The van der Waals surface area contributed by atoms with Gasteiger partial charge in [0.05, 0.1) is 11.8 Å². The number of amides is 2. The van der Waals surface area contributed by atoms with Gasteiger partial charge in [-0.2, -0.15) is 0 Å². The summed E-state index contributed by atoms with van der Waals surface area (Å²) in [5, 5.41) is 14.6. The van der Waals surface area contributed by atoms with E-state index in [1.54, 1.807) is 24.3 Å². The van der Waals surface area contributed by atoms with Gasteiger partial charge in [0.2, 0.25) is 5.91 Å². The molecule has 2 aliphatic carbocycles. The summed E-state index contributed by atoms with van der Waals surface area (Å²) in [6, 6.07) is 6.95. The number of hydrogen-bond donors (Lipinski definition) is 3. The van der Waals surface area contributed by atoms with Crippen LogP contribution in [-0.4, -0.2) is 28.9 Å². The number of nitrogens with one attached hydrogen (secondary N) is 2. The van der Waals surface area contributed by atoms with E-state index in [-0.39, 0.29) is 17.9 Å². The lowest BCUT2D eigenvalue weighted by Crippen LogP contribution is -2.36. The predicted octanol–water partition coefficient (Wildman–Crippen LogP) is 2.41. The van der Waals surface area contributed by atoms with Crippen molar-refractivity contribution in [3.8, 4) is 0 Å². The molecule has 2 aliphatic rings. The van der Waals surface area contributed by atoms with Crippen molar-refractivity contribution in [3.05, 3.63) is 29.8 Å². The molecule has 3 N–H and O–H groups in total. The van der Waals surface area contributed by atoms with Gasteiger partial charge in [0.25, 0.3) is 5.91 Å². The molecule has 0 aliphatic heterocycles. The molecule has 6 nitrogen and oxygen atoms in total. The first kappa shape index (κ1) is 16.5. The second kappa shape index (κ2) is 7.03. The molecule has 0 saturated heterocycles. The minimum atomic E-state index is -0.926. The molecule has 0 heterocycles. The van der Waals surface area contributed by atoms with Crippen LogP contribution in [0.3, 0.4) is 0 Å². The van der Waals surface area contributed by atoms with Crippen molar-refractivity contribution in [3.63, 3.8) is 0 Å². The molecule has 0 aromatic heterocycles. The third kappa shape index (κ3) is 3.93. The molecule has 0 radical (unpaired) electrons. The van der Waals surface area contributed by atoms with Crippen molar-refractivity contribution in [1.29, 1.82) is 0 Å². The first-order valence-electron chi connectivity index (χ1n) is 8.49. The number of benzene rings is 1. The fraction of sp³-hybridized carbons (Fsp3) is 0.500. The zero-order valence-corrected chi connectivity index (χ0v) is 13.5. The number of carboxylic acid groups (broad SMARTS) is 1. The highest BCUT2D eigenvalue weighted by molar-refractivity contribution is 5.99. The van der Waals surface area contributed by atoms with Crippen LogP contribution in [0.2, 0.25) is 0 Å². The van der Waals surface area contributed by atoms with Crippen LogP contribution in [-0.2, 0) is 9.59 Å². The number of anilines is 1. The highest BCUT2D eigenvalue weighted by Crippen LogP contribution is 2.39. The van der Waals surface area contributed by atoms with Crippen LogP contribution in [0.4, 0.5) is 5.69 Å². The highest BCUT2D eigenvalue weighted by Gasteiger charge is 2.48. The Bertz CT molecular complexity index is 635. The number of carbonyl (C=O) groups is 3. The van der Waals surface area contributed by atoms with Gasteiger partial charge in [-0.3, -0.25) is 14.4 Å². The molecule has 6 heteroatoms. The van der Waals surface area contributed by atoms with Crippen molar-refractivity contribution in [2.75, 3.05) is 5.32 Å². The Balaban J connectivity index is 1.52. The number of carboxylic acids is 1. The fourth-order valence-electron chi connectivity index (χ4n) is 3.21. The normalized spacial score (nSPS) is 23.3. The Morgan fingerprint density at radius 1 is 0.958 bits per heavy atom. The van der Waals surface area contributed by atoms with Gasteiger partial charge in [-0.05, 0) is 43.5 Å². The van der Waals surface area contributed by atoms with Gasteiger partial charge < -0.3 is 15.7 Å². The van der Waals surface area contributed by atoms with Crippen LogP contribution < -0.4 is 10.6 Å². The third-order valence-electron chi connectivity index (χ3n) is 4.80. The quantitative estimate of drug-likeness (QED) is 0.772. The maximum atomic E-state index is 12.2. The molecule has 2 atom stereocenters. The van der Waals surface area contributed by atoms with Crippen LogP contribution in [0.15, 0.2) is 24.3 Å². The Morgan fingerprint density at radius 3 is 2.21 bits per heavy atom. The summed E-state index contributed by atoms with van der Waals surface area (Å²) >= 11 is 0. The molecular formula is C18H22N2O4. The molecule has 3 rings (SSSR count). The summed E-state index contributed by atoms with van der Waals surface area (Å²) in [4.78, 5) is 34.9. The summed E-state index contributed by atoms with van der Waals surface area (Å²) in [7, 11) is 0. The van der Waals surface area contributed by atoms with Crippen molar-refractivity contribution < 1.29 is 19.5 Å². The van der Waals surface area contributed by atoms with E-state index in [1.165, 1.54) is 6.42 Å². The van der Waals surface area contributed by atoms with E-state index < -0.39 is 17.8 Å². The second-order valence-electron chi connectivity index (χ2n) is 6.66. The lowest BCUT2D eigenvalue weighted by molar-refractivity contribution is -0.139. The van der Waals surface area contributed by atoms with Crippen molar-refractivity contribution in [1.82, 2.24) is 5.32 Å². The summed E-state index contributed by atoms with van der Waals surface area (Å²) in [6.45, 7) is 0. The summed E-state index contributed by atoms with van der Waals surface area (Å²) in [5.41, 5.74) is 1.14. The highest BCUT2D eigenvalue weighted by atomic mass is 16.4. The van der Waals surface area contributed by atoms with Gasteiger partial charge >= 0.3 is 5.97 Å². The summed E-state index contributed by atoms with van der Waals surface area (Å²) < 4.78 is 0. The van der Waals surface area contributed by atoms with Gasteiger partial charge in [0, 0.05) is 17.3 Å². The van der Waals surface area contributed by atoms with Gasteiger partial charge in [0.1, 0.15) is 0 Å². The molecule has 2 unspecified atom stereocenters. The number of rotatable bonds is 5. The van der Waals surface area contributed by atoms with Gasteiger partial charge in [-0.25, -0.2) is 0 Å². The topological polar surface area (TPSA) is 95.5 Å². The van der Waals surface area contributed by atoms with Crippen LogP contribution in [0.25, 0.3) is 0 Å². The molecule has 128 valence electrons. The van der Waals surface area contributed by atoms with Crippen molar-refractivity contribution in [2.45, 2.75) is 44.6 Å². The molecule has 2 amide bonds. The van der Waals surface area contributed by atoms with Gasteiger partial charge in [-0.1, -0.05) is 19.3 Å². The van der Waals surface area contributed by atoms with E-state index in [1.807, 2.05) is 0 Å². The minimum Gasteiger partial charge on any atom is -0.481 e. The average Bonchev–Trinajstić information content (AvgIpc) is 3.37. The van der Waals surface area contributed by atoms with Crippen LogP contribution in [0.5, 0.6) is 0 Å². The lowest BCUT2D eigenvalue weighted by atomic mass is 9.95. The Hall–Kier alpha value is -2.37. The van der Waals surface area contributed by atoms with E-state index in [4.69, 9.17) is 5.11 Å². The largest absolute Gasteiger partial charge is 0.481 e. The summed E-state index contributed by atoms with van der Waals surface area (Å²) in [5.74, 6) is -2.30. The lowest BCUT2D eigenvalue weighted by Gasteiger charge is -2.22. The van der Waals surface area contributed by atoms with E-state index in [2.05, 4.69) is 10.6 Å². The molecule has 0 bridgehead atoms. The SMILES string of the molecule is O=C(NC1CCCCC1)c1ccc(NC(=O)C2CC2C(=O)O)cc1. The summed E-state index contributed by atoms with van der Waals surface area (Å²) in [6.07, 6.45) is 6.02. The van der Waals surface area contributed by atoms with Gasteiger partial charge in [-0.15, -0.1) is 0 Å². The molecule has 1 aromatic carbocycles. The Labute approximate surface area is 140 Å². The molecule has 24 heavy (non-hydrogen) atoms. The molecular weight excluding hydrogens is 308 g/mol. The van der Waals surface area contributed by atoms with Gasteiger partial charge in [0.15, 0.2) is 0 Å². The minimum absolute atomic E-state index is 0.0899. The van der Waals surface area contributed by atoms with E-state index in [0.717, 1.165) is 25.7 Å². The average molecular weight is 330 g/mol. The number of aliphatic carboxylic acids is 1.